The highest BCUT2D eigenvalue weighted by atomic mass is 19.1. The molecule has 2 rings (SSSR count). The van der Waals surface area contributed by atoms with Gasteiger partial charge in [0.05, 0.1) is 19.8 Å². The van der Waals surface area contributed by atoms with Gasteiger partial charge in [-0.1, -0.05) is 12.1 Å². The molecule has 0 saturated carbocycles. The van der Waals surface area contributed by atoms with Crippen molar-refractivity contribution in [2.24, 2.45) is 0 Å². The van der Waals surface area contributed by atoms with E-state index in [1.54, 1.807) is 12.1 Å². The van der Waals surface area contributed by atoms with Crippen LogP contribution in [0.15, 0.2) is 24.3 Å². The number of aliphatic hydroxyl groups is 1. The van der Waals surface area contributed by atoms with Crippen molar-refractivity contribution in [2.75, 3.05) is 26.4 Å². The van der Waals surface area contributed by atoms with Crippen LogP contribution in [-0.4, -0.2) is 37.5 Å². The number of carbonyl (C=O) groups is 1. The molecule has 1 saturated heterocycles. The third-order valence-corrected chi connectivity index (χ3v) is 3.28. The monoisotopic (exact) mass is 298 g/mol. The van der Waals surface area contributed by atoms with Gasteiger partial charge in [-0.15, -0.1) is 0 Å². The highest BCUT2D eigenvalue weighted by Gasteiger charge is 2.38. The molecule has 0 aliphatic carbocycles. The number of aliphatic hydroxyl groups excluding tert-OH is 1. The Morgan fingerprint density at radius 2 is 1.95 bits per heavy atom. The van der Waals surface area contributed by atoms with Crippen molar-refractivity contribution < 1.29 is 28.5 Å². The summed E-state index contributed by atoms with van der Waals surface area (Å²) < 4.78 is 29.2. The zero-order valence-corrected chi connectivity index (χ0v) is 11.7. The normalized spacial score (nSPS) is 16.9. The lowest BCUT2D eigenvalue weighted by atomic mass is 9.99. The first-order chi connectivity index (χ1) is 10.2. The van der Waals surface area contributed by atoms with Crippen LogP contribution in [-0.2, 0) is 24.8 Å². The SMILES string of the molecule is O=C(CCCC1(c2ccc(F)cc2)OCCO1)OCCO. The van der Waals surface area contributed by atoms with Gasteiger partial charge < -0.3 is 19.3 Å². The Morgan fingerprint density at radius 1 is 1.29 bits per heavy atom. The zero-order valence-electron chi connectivity index (χ0n) is 11.7. The Labute approximate surface area is 122 Å². The highest BCUT2D eigenvalue weighted by Crippen LogP contribution is 2.36. The Bertz CT molecular complexity index is 454. The highest BCUT2D eigenvalue weighted by molar-refractivity contribution is 5.69. The molecular weight excluding hydrogens is 279 g/mol. The van der Waals surface area contributed by atoms with Gasteiger partial charge in [-0.2, -0.15) is 0 Å². The smallest absolute Gasteiger partial charge is 0.305 e. The fourth-order valence-corrected chi connectivity index (χ4v) is 2.31. The Hall–Kier alpha value is -1.50. The second-order valence-electron chi connectivity index (χ2n) is 4.75. The molecule has 21 heavy (non-hydrogen) atoms. The number of ether oxygens (including phenoxy) is 3. The molecule has 6 heteroatoms. The molecule has 0 bridgehead atoms. The molecule has 1 N–H and O–H groups in total. The van der Waals surface area contributed by atoms with Gasteiger partial charge in [-0.05, 0) is 18.6 Å². The number of rotatable bonds is 7. The second kappa shape index (κ2) is 7.49. The topological polar surface area (TPSA) is 65.0 Å². The number of benzene rings is 1. The largest absolute Gasteiger partial charge is 0.463 e. The Kier molecular flexibility index (Phi) is 5.67. The second-order valence-corrected chi connectivity index (χ2v) is 4.75. The number of halogens is 1. The van der Waals surface area contributed by atoms with Crippen LogP contribution in [0.25, 0.3) is 0 Å². The van der Waals surface area contributed by atoms with Crippen molar-refractivity contribution in [3.05, 3.63) is 35.6 Å². The van der Waals surface area contributed by atoms with Crippen molar-refractivity contribution in [1.82, 2.24) is 0 Å². The van der Waals surface area contributed by atoms with Crippen LogP contribution < -0.4 is 0 Å². The molecule has 1 aromatic rings. The fraction of sp³-hybridized carbons (Fsp3) is 0.533. The van der Waals surface area contributed by atoms with E-state index in [0.29, 0.717) is 26.1 Å². The van der Waals surface area contributed by atoms with Crippen molar-refractivity contribution >= 4 is 5.97 Å². The molecule has 0 amide bonds. The van der Waals surface area contributed by atoms with Crippen LogP contribution in [0.3, 0.4) is 0 Å². The number of carbonyl (C=O) groups excluding carboxylic acids is 1. The summed E-state index contributed by atoms with van der Waals surface area (Å²) in [6.45, 7) is 0.755. The first kappa shape index (κ1) is 15.9. The molecule has 116 valence electrons. The molecule has 1 aliphatic rings. The summed E-state index contributed by atoms with van der Waals surface area (Å²) in [5.74, 6) is -1.60. The van der Waals surface area contributed by atoms with Crippen LogP contribution >= 0.6 is 0 Å². The van der Waals surface area contributed by atoms with E-state index >= 15 is 0 Å². The molecule has 1 heterocycles. The predicted molar refractivity (Wildman–Crippen MR) is 71.9 cm³/mol. The minimum absolute atomic E-state index is 0.00887. The quantitative estimate of drug-likeness (QED) is 0.777. The summed E-state index contributed by atoms with van der Waals surface area (Å²) in [4.78, 5) is 11.4. The van der Waals surface area contributed by atoms with Gasteiger partial charge in [-0.25, -0.2) is 4.39 Å². The summed E-state index contributed by atoms with van der Waals surface area (Å²) in [5, 5.41) is 8.58. The van der Waals surface area contributed by atoms with Gasteiger partial charge in [0.25, 0.3) is 0 Å². The maximum Gasteiger partial charge on any atom is 0.305 e. The molecule has 1 aromatic carbocycles. The number of esters is 1. The van der Waals surface area contributed by atoms with Gasteiger partial charge >= 0.3 is 5.97 Å². The predicted octanol–water partition coefficient (Wildman–Crippen LogP) is 1.73. The number of hydrogen-bond donors (Lipinski definition) is 1. The molecule has 5 nitrogen and oxygen atoms in total. The third-order valence-electron chi connectivity index (χ3n) is 3.28. The van der Waals surface area contributed by atoms with Crippen molar-refractivity contribution in [1.29, 1.82) is 0 Å². The Balaban J connectivity index is 1.93. The molecule has 1 fully saturated rings. The van der Waals surface area contributed by atoms with Crippen LogP contribution in [0.1, 0.15) is 24.8 Å². The summed E-state index contributed by atoms with van der Waals surface area (Å²) in [7, 11) is 0. The van der Waals surface area contributed by atoms with Crippen LogP contribution in [0.2, 0.25) is 0 Å². The van der Waals surface area contributed by atoms with Crippen molar-refractivity contribution in [3.63, 3.8) is 0 Å². The lowest BCUT2D eigenvalue weighted by molar-refractivity contribution is -0.173. The molecule has 0 unspecified atom stereocenters. The van der Waals surface area contributed by atoms with Crippen molar-refractivity contribution in [3.8, 4) is 0 Å². The molecule has 0 radical (unpaired) electrons. The molecule has 1 aliphatic heterocycles. The lowest BCUT2D eigenvalue weighted by Gasteiger charge is -2.27. The fourth-order valence-electron chi connectivity index (χ4n) is 2.31. The maximum absolute atomic E-state index is 13.0. The van der Waals surface area contributed by atoms with E-state index in [0.717, 1.165) is 5.56 Å². The van der Waals surface area contributed by atoms with Gasteiger partial charge in [0.2, 0.25) is 0 Å². The molecular formula is C15H19FO5. The average Bonchev–Trinajstić information content (AvgIpc) is 2.96. The van der Waals surface area contributed by atoms with Gasteiger partial charge in [0.1, 0.15) is 12.4 Å². The molecule has 0 atom stereocenters. The van der Waals surface area contributed by atoms with E-state index < -0.39 is 5.79 Å². The van der Waals surface area contributed by atoms with E-state index in [2.05, 4.69) is 0 Å². The minimum Gasteiger partial charge on any atom is -0.463 e. The summed E-state index contributed by atoms with van der Waals surface area (Å²) in [5.41, 5.74) is 0.741. The van der Waals surface area contributed by atoms with Gasteiger partial charge in [0.15, 0.2) is 5.79 Å². The average molecular weight is 298 g/mol. The van der Waals surface area contributed by atoms with E-state index in [1.165, 1.54) is 12.1 Å². The Morgan fingerprint density at radius 3 is 2.57 bits per heavy atom. The summed E-state index contributed by atoms with van der Waals surface area (Å²) >= 11 is 0. The van der Waals surface area contributed by atoms with Gasteiger partial charge in [0, 0.05) is 18.4 Å². The van der Waals surface area contributed by atoms with E-state index in [9.17, 15) is 9.18 Å². The third kappa shape index (κ3) is 4.23. The first-order valence-electron chi connectivity index (χ1n) is 6.97. The van der Waals surface area contributed by atoms with E-state index in [-0.39, 0.29) is 31.4 Å². The molecule has 0 aromatic heterocycles. The first-order valence-corrected chi connectivity index (χ1v) is 6.97. The van der Waals surface area contributed by atoms with E-state index in [4.69, 9.17) is 19.3 Å². The summed E-state index contributed by atoms with van der Waals surface area (Å²) in [6.07, 6.45) is 1.21. The van der Waals surface area contributed by atoms with Crippen LogP contribution in [0, 0.1) is 5.82 Å². The van der Waals surface area contributed by atoms with Gasteiger partial charge in [-0.3, -0.25) is 4.79 Å². The van der Waals surface area contributed by atoms with Crippen LogP contribution in [0.4, 0.5) is 4.39 Å². The number of hydrogen-bond acceptors (Lipinski definition) is 5. The van der Waals surface area contributed by atoms with Crippen molar-refractivity contribution in [2.45, 2.75) is 25.0 Å². The van der Waals surface area contributed by atoms with Crippen LogP contribution in [0.5, 0.6) is 0 Å². The standard InChI is InChI=1S/C15H19FO5/c16-13-5-3-12(4-6-13)15(20-10-11-21-15)7-1-2-14(18)19-9-8-17/h3-6,17H,1-2,7-11H2. The maximum atomic E-state index is 13.0. The minimum atomic E-state index is -0.912. The summed E-state index contributed by atoms with van der Waals surface area (Å²) in [6, 6.07) is 5.98. The zero-order chi connectivity index (χ0) is 15.1. The van der Waals surface area contributed by atoms with E-state index in [1.807, 2.05) is 0 Å². The molecule has 0 spiro atoms. The lowest BCUT2D eigenvalue weighted by Crippen LogP contribution is -2.27.